The van der Waals surface area contributed by atoms with Crippen molar-refractivity contribution >= 4 is 17.4 Å². The fourth-order valence-electron chi connectivity index (χ4n) is 1.15. The minimum Gasteiger partial charge on any atom is -0.393 e. The zero-order valence-electron chi connectivity index (χ0n) is 10.5. The first-order chi connectivity index (χ1) is 8.46. The standard InChI is InChI=1S/C11H18ClN3O3/c1-3-18-5-10-14-8(12)4-9(15-10)13-6-11(2,17)7-16/h4,16-17H,3,5-7H2,1-2H3,(H,13,14,15). The Morgan fingerprint density at radius 2 is 2.22 bits per heavy atom. The van der Waals surface area contributed by atoms with E-state index in [1.165, 1.54) is 6.92 Å². The van der Waals surface area contributed by atoms with E-state index in [1.807, 2.05) is 6.92 Å². The molecule has 0 saturated carbocycles. The lowest BCUT2D eigenvalue weighted by Crippen LogP contribution is -2.37. The molecule has 0 amide bonds. The smallest absolute Gasteiger partial charge is 0.158 e. The maximum absolute atomic E-state index is 9.65. The van der Waals surface area contributed by atoms with E-state index in [4.69, 9.17) is 21.4 Å². The Kier molecular flexibility index (Phi) is 5.74. The number of anilines is 1. The van der Waals surface area contributed by atoms with Gasteiger partial charge < -0.3 is 20.3 Å². The van der Waals surface area contributed by atoms with Crippen molar-refractivity contribution in [3.8, 4) is 0 Å². The summed E-state index contributed by atoms with van der Waals surface area (Å²) in [5, 5.41) is 21.8. The van der Waals surface area contributed by atoms with Crippen LogP contribution >= 0.6 is 11.6 Å². The number of rotatable bonds is 7. The van der Waals surface area contributed by atoms with E-state index in [-0.39, 0.29) is 19.8 Å². The number of nitrogens with zero attached hydrogens (tertiary/aromatic N) is 2. The van der Waals surface area contributed by atoms with Gasteiger partial charge in [0.15, 0.2) is 5.82 Å². The largest absolute Gasteiger partial charge is 0.393 e. The van der Waals surface area contributed by atoms with Crippen molar-refractivity contribution in [1.29, 1.82) is 0 Å². The Labute approximate surface area is 111 Å². The van der Waals surface area contributed by atoms with Crippen LogP contribution in [0.3, 0.4) is 0 Å². The molecule has 0 spiro atoms. The molecule has 0 fully saturated rings. The first kappa shape index (κ1) is 15.1. The topological polar surface area (TPSA) is 87.5 Å². The molecule has 1 heterocycles. The van der Waals surface area contributed by atoms with Crippen LogP contribution in [0, 0.1) is 0 Å². The fraction of sp³-hybridized carbons (Fsp3) is 0.636. The highest BCUT2D eigenvalue weighted by Gasteiger charge is 2.18. The summed E-state index contributed by atoms with van der Waals surface area (Å²) in [5.74, 6) is 0.953. The summed E-state index contributed by atoms with van der Waals surface area (Å²) in [6.07, 6.45) is 0. The molecule has 0 aliphatic carbocycles. The normalized spacial score (nSPS) is 14.3. The summed E-state index contributed by atoms with van der Waals surface area (Å²) in [5.41, 5.74) is -1.21. The van der Waals surface area contributed by atoms with Crippen LogP contribution in [0.25, 0.3) is 0 Å². The van der Waals surface area contributed by atoms with Crippen LogP contribution in [-0.2, 0) is 11.3 Å². The molecule has 3 N–H and O–H groups in total. The van der Waals surface area contributed by atoms with Crippen molar-refractivity contribution in [2.75, 3.05) is 25.1 Å². The summed E-state index contributed by atoms with van der Waals surface area (Å²) < 4.78 is 5.20. The van der Waals surface area contributed by atoms with Crippen LogP contribution in [0.15, 0.2) is 6.07 Å². The summed E-state index contributed by atoms with van der Waals surface area (Å²) in [6, 6.07) is 1.55. The summed E-state index contributed by atoms with van der Waals surface area (Å²) in [4.78, 5) is 8.20. The van der Waals surface area contributed by atoms with E-state index in [2.05, 4.69) is 15.3 Å². The number of halogens is 1. The van der Waals surface area contributed by atoms with Gasteiger partial charge in [-0.15, -0.1) is 0 Å². The molecule has 0 aromatic carbocycles. The van der Waals surface area contributed by atoms with Gasteiger partial charge in [-0.3, -0.25) is 0 Å². The van der Waals surface area contributed by atoms with Crippen molar-refractivity contribution < 1.29 is 14.9 Å². The van der Waals surface area contributed by atoms with Gasteiger partial charge in [0.25, 0.3) is 0 Å². The molecule has 1 unspecified atom stereocenters. The average molecular weight is 276 g/mol. The lowest BCUT2D eigenvalue weighted by molar-refractivity contribution is 0.0131. The Hall–Kier alpha value is -0.950. The van der Waals surface area contributed by atoms with Crippen LogP contribution in [0.5, 0.6) is 0 Å². The third-order valence-electron chi connectivity index (χ3n) is 2.17. The van der Waals surface area contributed by atoms with Crippen molar-refractivity contribution in [2.24, 2.45) is 0 Å². The molecule has 1 rings (SSSR count). The predicted octanol–water partition coefficient (Wildman–Crippen LogP) is 0.822. The summed E-state index contributed by atoms with van der Waals surface area (Å²) >= 11 is 5.85. The van der Waals surface area contributed by atoms with Crippen LogP contribution in [0.1, 0.15) is 19.7 Å². The Bertz CT molecular complexity index is 388. The van der Waals surface area contributed by atoms with E-state index in [0.717, 1.165) is 0 Å². The van der Waals surface area contributed by atoms with Gasteiger partial charge in [0.05, 0.1) is 6.61 Å². The van der Waals surface area contributed by atoms with E-state index in [9.17, 15) is 5.11 Å². The number of hydrogen-bond donors (Lipinski definition) is 3. The van der Waals surface area contributed by atoms with Crippen molar-refractivity contribution in [3.63, 3.8) is 0 Å². The molecule has 0 aliphatic rings. The van der Waals surface area contributed by atoms with E-state index in [0.29, 0.717) is 23.4 Å². The van der Waals surface area contributed by atoms with Crippen LogP contribution in [-0.4, -0.2) is 45.5 Å². The highest BCUT2D eigenvalue weighted by Crippen LogP contribution is 2.13. The Morgan fingerprint density at radius 1 is 1.50 bits per heavy atom. The summed E-state index contributed by atoms with van der Waals surface area (Å²) in [6.45, 7) is 4.06. The SMILES string of the molecule is CCOCc1nc(Cl)cc(NCC(C)(O)CO)n1. The maximum Gasteiger partial charge on any atom is 0.158 e. The number of ether oxygens (including phenoxy) is 1. The Morgan fingerprint density at radius 3 is 2.83 bits per heavy atom. The fourth-order valence-corrected chi connectivity index (χ4v) is 1.35. The highest BCUT2D eigenvalue weighted by atomic mass is 35.5. The first-order valence-electron chi connectivity index (χ1n) is 5.65. The molecular formula is C11H18ClN3O3. The number of hydrogen-bond acceptors (Lipinski definition) is 6. The molecule has 102 valence electrons. The first-order valence-corrected chi connectivity index (χ1v) is 6.03. The van der Waals surface area contributed by atoms with Gasteiger partial charge in [0, 0.05) is 19.2 Å². The molecule has 0 bridgehead atoms. The minimum absolute atomic E-state index is 0.158. The quantitative estimate of drug-likeness (QED) is 0.639. The minimum atomic E-state index is -1.21. The summed E-state index contributed by atoms with van der Waals surface area (Å²) in [7, 11) is 0. The van der Waals surface area contributed by atoms with E-state index >= 15 is 0 Å². The molecule has 0 aliphatic heterocycles. The molecule has 6 nitrogen and oxygen atoms in total. The third-order valence-corrected chi connectivity index (χ3v) is 2.36. The van der Waals surface area contributed by atoms with Gasteiger partial charge in [0.1, 0.15) is 23.2 Å². The lowest BCUT2D eigenvalue weighted by atomic mass is 10.1. The van der Waals surface area contributed by atoms with Crippen molar-refractivity contribution in [1.82, 2.24) is 9.97 Å². The second kappa shape index (κ2) is 6.84. The molecule has 18 heavy (non-hydrogen) atoms. The average Bonchev–Trinajstić information content (AvgIpc) is 2.33. The van der Waals surface area contributed by atoms with Crippen molar-refractivity contribution in [3.05, 3.63) is 17.0 Å². The van der Waals surface area contributed by atoms with Gasteiger partial charge in [0.2, 0.25) is 0 Å². The number of aliphatic hydroxyl groups is 2. The maximum atomic E-state index is 9.65. The molecule has 0 saturated heterocycles. The van der Waals surface area contributed by atoms with Crippen LogP contribution in [0.4, 0.5) is 5.82 Å². The zero-order chi connectivity index (χ0) is 13.6. The number of nitrogens with one attached hydrogen (secondary N) is 1. The second-order valence-corrected chi connectivity index (χ2v) is 4.53. The highest BCUT2D eigenvalue weighted by molar-refractivity contribution is 6.29. The van der Waals surface area contributed by atoms with Gasteiger partial charge >= 0.3 is 0 Å². The number of aromatic nitrogens is 2. The van der Waals surface area contributed by atoms with Crippen LogP contribution in [0.2, 0.25) is 5.15 Å². The molecule has 1 aromatic heterocycles. The van der Waals surface area contributed by atoms with Gasteiger partial charge in [-0.05, 0) is 13.8 Å². The third kappa shape index (κ3) is 5.14. The Balaban J connectivity index is 2.68. The van der Waals surface area contributed by atoms with E-state index in [1.54, 1.807) is 6.07 Å². The molecule has 1 aromatic rings. The lowest BCUT2D eigenvalue weighted by Gasteiger charge is -2.21. The molecule has 1 atom stereocenters. The second-order valence-electron chi connectivity index (χ2n) is 4.14. The van der Waals surface area contributed by atoms with Crippen molar-refractivity contribution in [2.45, 2.75) is 26.1 Å². The van der Waals surface area contributed by atoms with Gasteiger partial charge in [-0.2, -0.15) is 0 Å². The predicted molar refractivity (Wildman–Crippen MR) is 68.6 cm³/mol. The van der Waals surface area contributed by atoms with Gasteiger partial charge in [-0.1, -0.05) is 11.6 Å². The number of aliphatic hydroxyl groups excluding tert-OH is 1. The van der Waals surface area contributed by atoms with Gasteiger partial charge in [-0.25, -0.2) is 9.97 Å². The van der Waals surface area contributed by atoms with Crippen LogP contribution < -0.4 is 5.32 Å². The van der Waals surface area contributed by atoms with E-state index < -0.39 is 5.60 Å². The molecule has 7 heteroatoms. The molecule has 0 radical (unpaired) electrons. The zero-order valence-corrected chi connectivity index (χ0v) is 11.2. The monoisotopic (exact) mass is 275 g/mol. The molecular weight excluding hydrogens is 258 g/mol.